The number of carbonyl (C=O) groups excluding carboxylic acids is 2. The fourth-order valence-electron chi connectivity index (χ4n) is 5.02. The zero-order valence-corrected chi connectivity index (χ0v) is 21.7. The highest BCUT2D eigenvalue weighted by Crippen LogP contribution is 2.51. The van der Waals surface area contributed by atoms with Crippen molar-refractivity contribution in [3.63, 3.8) is 0 Å². The second-order valence-electron chi connectivity index (χ2n) is 10.1. The molecule has 0 spiro atoms. The molecule has 5 rings (SSSR count). The Bertz CT molecular complexity index is 1320. The van der Waals surface area contributed by atoms with Crippen LogP contribution in [0.25, 0.3) is 11.1 Å². The van der Waals surface area contributed by atoms with Crippen LogP contribution in [0, 0.1) is 12.8 Å². The molecule has 0 radical (unpaired) electrons. The van der Waals surface area contributed by atoms with Crippen LogP contribution >= 0.6 is 0 Å². The first kappa shape index (κ1) is 24.9. The van der Waals surface area contributed by atoms with Gasteiger partial charge in [-0.3, -0.25) is 9.59 Å². The molecule has 1 aliphatic carbocycles. The zero-order chi connectivity index (χ0) is 26.0. The smallest absolute Gasteiger partial charge is 0.235 e. The van der Waals surface area contributed by atoms with Crippen LogP contribution in [0.4, 0.5) is 5.69 Å². The summed E-state index contributed by atoms with van der Waals surface area (Å²) < 4.78 is 10.9. The molecule has 37 heavy (non-hydrogen) atoms. The van der Waals surface area contributed by atoms with E-state index in [9.17, 15) is 9.59 Å². The molecule has 0 atom stereocenters. The van der Waals surface area contributed by atoms with Gasteiger partial charge in [-0.05, 0) is 84.7 Å². The SMILES string of the molecule is CCC(CC)C(=O)NCc1ccc(-c2cc(NC(=O)C3(c4ccc5c(c4)OCO5)CC3)ccc2C)cc1.[HH].[HH]. The van der Waals surface area contributed by atoms with Gasteiger partial charge in [0.15, 0.2) is 11.5 Å². The van der Waals surface area contributed by atoms with Gasteiger partial charge < -0.3 is 20.1 Å². The summed E-state index contributed by atoms with van der Waals surface area (Å²) in [5.74, 6) is 1.61. The Morgan fingerprint density at radius 3 is 2.38 bits per heavy atom. The maximum Gasteiger partial charge on any atom is 0.235 e. The van der Waals surface area contributed by atoms with Gasteiger partial charge in [0.1, 0.15) is 0 Å². The van der Waals surface area contributed by atoms with Crippen LogP contribution in [0.3, 0.4) is 0 Å². The molecule has 0 saturated heterocycles. The number of hydrogen-bond donors (Lipinski definition) is 2. The van der Waals surface area contributed by atoms with Crippen molar-refractivity contribution in [2.75, 3.05) is 12.1 Å². The minimum absolute atomic E-state index is 0. The summed E-state index contributed by atoms with van der Waals surface area (Å²) in [6.07, 6.45) is 3.33. The highest BCUT2D eigenvalue weighted by Gasteiger charge is 2.51. The number of ether oxygens (including phenoxy) is 2. The van der Waals surface area contributed by atoms with E-state index >= 15 is 0 Å². The molecular weight excluding hydrogens is 464 g/mol. The summed E-state index contributed by atoms with van der Waals surface area (Å²) >= 11 is 0. The lowest BCUT2D eigenvalue weighted by Crippen LogP contribution is -2.29. The highest BCUT2D eigenvalue weighted by atomic mass is 16.7. The summed E-state index contributed by atoms with van der Waals surface area (Å²) in [5.41, 5.74) is 5.55. The summed E-state index contributed by atoms with van der Waals surface area (Å²) in [5, 5.41) is 6.20. The number of anilines is 1. The lowest BCUT2D eigenvalue weighted by Gasteiger charge is -2.17. The average Bonchev–Trinajstić information content (AvgIpc) is 3.60. The first-order chi connectivity index (χ1) is 17.9. The van der Waals surface area contributed by atoms with E-state index in [1.807, 2.05) is 62.4 Å². The molecule has 1 saturated carbocycles. The van der Waals surface area contributed by atoms with Gasteiger partial charge >= 0.3 is 0 Å². The minimum Gasteiger partial charge on any atom is -0.454 e. The molecule has 0 unspecified atom stereocenters. The normalized spacial score (nSPS) is 14.9. The Kier molecular flexibility index (Phi) is 6.92. The van der Waals surface area contributed by atoms with Crippen LogP contribution in [0.1, 0.15) is 59.1 Å². The maximum absolute atomic E-state index is 13.4. The molecule has 2 amide bonds. The van der Waals surface area contributed by atoms with Crippen LogP contribution in [-0.2, 0) is 21.5 Å². The van der Waals surface area contributed by atoms with E-state index in [1.165, 1.54) is 0 Å². The summed E-state index contributed by atoms with van der Waals surface area (Å²) in [6.45, 7) is 6.90. The number of hydrogen-bond acceptors (Lipinski definition) is 4. The minimum atomic E-state index is -0.521. The molecule has 196 valence electrons. The van der Waals surface area contributed by atoms with Crippen molar-refractivity contribution in [3.05, 3.63) is 77.4 Å². The van der Waals surface area contributed by atoms with Crippen molar-refractivity contribution in [2.45, 2.75) is 58.4 Å². The fourth-order valence-corrected chi connectivity index (χ4v) is 5.02. The van der Waals surface area contributed by atoms with Gasteiger partial charge in [-0.2, -0.15) is 0 Å². The molecule has 2 aliphatic rings. The molecule has 1 heterocycles. The number of carbonyl (C=O) groups is 2. The van der Waals surface area contributed by atoms with E-state index in [0.717, 1.165) is 64.9 Å². The third-order valence-electron chi connectivity index (χ3n) is 7.69. The summed E-state index contributed by atoms with van der Waals surface area (Å²) in [7, 11) is 0. The van der Waals surface area contributed by atoms with Gasteiger partial charge in [0.05, 0.1) is 5.41 Å². The molecule has 1 aliphatic heterocycles. The van der Waals surface area contributed by atoms with Crippen LogP contribution < -0.4 is 20.1 Å². The van der Waals surface area contributed by atoms with Crippen molar-refractivity contribution < 1.29 is 21.9 Å². The van der Waals surface area contributed by atoms with Gasteiger partial charge in [0.25, 0.3) is 0 Å². The van der Waals surface area contributed by atoms with Crippen LogP contribution in [0.2, 0.25) is 0 Å². The largest absolute Gasteiger partial charge is 0.454 e. The Hall–Kier alpha value is -3.80. The zero-order valence-electron chi connectivity index (χ0n) is 21.7. The van der Waals surface area contributed by atoms with Gasteiger partial charge in [-0.25, -0.2) is 0 Å². The Balaban J connectivity index is 0.00000210. The lowest BCUT2D eigenvalue weighted by molar-refractivity contribution is -0.125. The van der Waals surface area contributed by atoms with Crippen molar-refractivity contribution in [3.8, 4) is 22.6 Å². The number of benzene rings is 3. The van der Waals surface area contributed by atoms with E-state index < -0.39 is 5.41 Å². The van der Waals surface area contributed by atoms with E-state index in [-0.39, 0.29) is 27.4 Å². The first-order valence-corrected chi connectivity index (χ1v) is 13.1. The molecule has 3 aromatic rings. The Labute approximate surface area is 221 Å². The molecule has 2 N–H and O–H groups in total. The van der Waals surface area contributed by atoms with Gasteiger partial charge in [-0.1, -0.05) is 50.2 Å². The van der Waals surface area contributed by atoms with E-state index in [0.29, 0.717) is 12.3 Å². The van der Waals surface area contributed by atoms with Crippen molar-refractivity contribution >= 4 is 17.5 Å². The molecule has 6 heteroatoms. The number of aryl methyl sites for hydroxylation is 1. The second-order valence-corrected chi connectivity index (χ2v) is 10.1. The summed E-state index contributed by atoms with van der Waals surface area (Å²) in [6, 6.07) is 20.0. The van der Waals surface area contributed by atoms with Crippen molar-refractivity contribution in [1.82, 2.24) is 5.32 Å². The van der Waals surface area contributed by atoms with Crippen LogP contribution in [0.5, 0.6) is 11.5 Å². The topological polar surface area (TPSA) is 76.7 Å². The van der Waals surface area contributed by atoms with Gasteiger partial charge in [-0.15, -0.1) is 0 Å². The van der Waals surface area contributed by atoms with E-state index in [2.05, 4.69) is 29.7 Å². The molecule has 0 bridgehead atoms. The van der Waals surface area contributed by atoms with Crippen LogP contribution in [0.15, 0.2) is 60.7 Å². The van der Waals surface area contributed by atoms with Gasteiger partial charge in [0.2, 0.25) is 18.6 Å². The lowest BCUT2D eigenvalue weighted by atomic mass is 9.94. The van der Waals surface area contributed by atoms with Crippen molar-refractivity contribution in [1.29, 1.82) is 0 Å². The predicted octanol–water partition coefficient (Wildman–Crippen LogP) is 6.61. The standard InChI is InChI=1S/C31H34N2O4.2H2/c1-4-22(5-2)29(34)32-18-21-7-9-23(10-8-21)26-17-25(12-6-20(26)3)33-30(35)31(14-15-31)24-11-13-27-28(16-24)37-19-36-27;;/h6-13,16-17,22H,4-5,14-15,18-19H2,1-3H3,(H,32,34)(H,33,35);2*1H. The number of rotatable bonds is 9. The monoisotopic (exact) mass is 502 g/mol. The van der Waals surface area contributed by atoms with E-state index in [4.69, 9.17) is 9.47 Å². The molecular formula is C31H38N2O4. The average molecular weight is 503 g/mol. The number of nitrogens with one attached hydrogen (secondary N) is 2. The molecule has 3 aromatic carbocycles. The third-order valence-corrected chi connectivity index (χ3v) is 7.69. The van der Waals surface area contributed by atoms with Gasteiger partial charge in [0, 0.05) is 21.0 Å². The summed E-state index contributed by atoms with van der Waals surface area (Å²) in [4.78, 5) is 25.7. The fraction of sp³-hybridized carbons (Fsp3) is 0.355. The third kappa shape index (κ3) is 5.06. The van der Waals surface area contributed by atoms with E-state index in [1.54, 1.807) is 0 Å². The molecule has 6 nitrogen and oxygen atoms in total. The molecule has 1 fully saturated rings. The molecule has 0 aromatic heterocycles. The maximum atomic E-state index is 13.4. The van der Waals surface area contributed by atoms with Crippen LogP contribution in [-0.4, -0.2) is 18.6 Å². The number of fused-ring (bicyclic) bond motifs is 1. The quantitative estimate of drug-likeness (QED) is 0.345. The highest BCUT2D eigenvalue weighted by molar-refractivity contribution is 6.02. The predicted molar refractivity (Wildman–Crippen MR) is 149 cm³/mol. The first-order valence-electron chi connectivity index (χ1n) is 13.1. The van der Waals surface area contributed by atoms with Crippen molar-refractivity contribution in [2.24, 2.45) is 5.92 Å². The Morgan fingerprint density at radius 1 is 0.946 bits per heavy atom. The Morgan fingerprint density at radius 2 is 1.68 bits per heavy atom. The number of amides is 2. The second kappa shape index (κ2) is 10.3.